The van der Waals surface area contributed by atoms with E-state index >= 15 is 0 Å². The molecule has 0 atom stereocenters. The zero-order valence-corrected chi connectivity index (χ0v) is 13.6. The van der Waals surface area contributed by atoms with Crippen LogP contribution in [0, 0.1) is 0 Å². The Balaban J connectivity index is 1.70. The Bertz CT molecular complexity index is 642. The van der Waals surface area contributed by atoms with Crippen LogP contribution in [0.3, 0.4) is 0 Å². The van der Waals surface area contributed by atoms with Crippen LogP contribution in [0.25, 0.3) is 0 Å². The van der Waals surface area contributed by atoms with Crippen molar-refractivity contribution in [3.8, 4) is 5.75 Å². The molecule has 2 heterocycles. The van der Waals surface area contributed by atoms with Crippen LogP contribution >= 0.6 is 0 Å². The van der Waals surface area contributed by atoms with E-state index in [2.05, 4.69) is 37.2 Å². The monoisotopic (exact) mass is 314 g/mol. The van der Waals surface area contributed by atoms with E-state index in [1.54, 1.807) is 13.3 Å². The van der Waals surface area contributed by atoms with Gasteiger partial charge in [-0.25, -0.2) is 0 Å². The molecular formula is C16H22N6O. The van der Waals surface area contributed by atoms with Gasteiger partial charge in [-0.2, -0.15) is 10.1 Å². The normalized spacial score (nSPS) is 15.5. The van der Waals surface area contributed by atoms with E-state index in [1.807, 2.05) is 24.3 Å². The first-order valence-corrected chi connectivity index (χ1v) is 7.86. The highest BCUT2D eigenvalue weighted by molar-refractivity contribution is 5.56. The Kier molecular flexibility index (Phi) is 4.87. The second-order valence-corrected chi connectivity index (χ2v) is 5.42. The highest BCUT2D eigenvalue weighted by Gasteiger charge is 2.17. The van der Waals surface area contributed by atoms with Crippen LogP contribution in [0.4, 0.5) is 17.5 Å². The van der Waals surface area contributed by atoms with Crippen LogP contribution < -0.4 is 15.0 Å². The van der Waals surface area contributed by atoms with Crippen LogP contribution in [0.2, 0.25) is 0 Å². The Morgan fingerprint density at radius 3 is 2.78 bits per heavy atom. The molecule has 7 heteroatoms. The molecule has 2 aromatic rings. The topological polar surface area (TPSA) is 66.4 Å². The van der Waals surface area contributed by atoms with Gasteiger partial charge < -0.3 is 19.9 Å². The predicted octanol–water partition coefficient (Wildman–Crippen LogP) is 1.77. The number of hydrogen-bond donors (Lipinski definition) is 1. The van der Waals surface area contributed by atoms with Crippen LogP contribution in [0.1, 0.15) is 6.92 Å². The van der Waals surface area contributed by atoms with Gasteiger partial charge in [0, 0.05) is 37.9 Å². The Labute approximate surface area is 136 Å². The van der Waals surface area contributed by atoms with Gasteiger partial charge in [-0.15, -0.1) is 5.10 Å². The lowest BCUT2D eigenvalue weighted by Crippen LogP contribution is -2.46. The smallest absolute Gasteiger partial charge is 0.249 e. The van der Waals surface area contributed by atoms with E-state index in [0.29, 0.717) is 5.95 Å². The van der Waals surface area contributed by atoms with Crippen molar-refractivity contribution in [3.63, 3.8) is 0 Å². The number of nitrogens with zero attached hydrogens (tertiary/aromatic N) is 5. The fourth-order valence-electron chi connectivity index (χ4n) is 2.62. The molecular weight excluding hydrogens is 292 g/mol. The average molecular weight is 314 g/mol. The van der Waals surface area contributed by atoms with Crippen molar-refractivity contribution >= 4 is 17.5 Å². The number of methoxy groups -OCH3 is 1. The molecule has 1 fully saturated rings. The Morgan fingerprint density at radius 1 is 1.22 bits per heavy atom. The lowest BCUT2D eigenvalue weighted by atomic mass is 10.3. The maximum absolute atomic E-state index is 5.22. The second-order valence-electron chi connectivity index (χ2n) is 5.42. The number of nitrogens with one attached hydrogen (secondary N) is 1. The first-order valence-electron chi connectivity index (χ1n) is 7.86. The van der Waals surface area contributed by atoms with Crippen molar-refractivity contribution in [3.05, 3.63) is 30.5 Å². The van der Waals surface area contributed by atoms with Crippen LogP contribution in [-0.2, 0) is 0 Å². The molecule has 1 saturated heterocycles. The van der Waals surface area contributed by atoms with Crippen molar-refractivity contribution in [2.45, 2.75) is 6.92 Å². The number of ether oxygens (including phenoxy) is 1. The molecule has 3 rings (SSSR count). The fourth-order valence-corrected chi connectivity index (χ4v) is 2.62. The molecule has 0 amide bonds. The van der Waals surface area contributed by atoms with E-state index in [-0.39, 0.29) is 0 Å². The summed E-state index contributed by atoms with van der Waals surface area (Å²) in [7, 11) is 1.65. The van der Waals surface area contributed by atoms with E-state index in [0.717, 1.165) is 50.0 Å². The van der Waals surface area contributed by atoms with Crippen molar-refractivity contribution < 1.29 is 4.74 Å². The summed E-state index contributed by atoms with van der Waals surface area (Å²) in [5.41, 5.74) is 0.874. The van der Waals surface area contributed by atoms with Crippen LogP contribution in [-0.4, -0.2) is 59.9 Å². The van der Waals surface area contributed by atoms with Gasteiger partial charge in [0.25, 0.3) is 0 Å². The molecule has 1 aromatic heterocycles. The standard InChI is InChI=1S/C16H22N6O/c1-3-21-7-9-22(10-8-21)15-12-17-20-16(19-15)18-13-5-4-6-14(11-13)23-2/h4-6,11-12H,3,7-10H2,1-2H3,(H,18,19,20). The molecule has 7 nitrogen and oxygen atoms in total. The van der Waals surface area contributed by atoms with Gasteiger partial charge in [0.15, 0.2) is 5.82 Å². The number of piperazine rings is 1. The predicted molar refractivity (Wildman–Crippen MR) is 90.4 cm³/mol. The number of anilines is 3. The highest BCUT2D eigenvalue weighted by atomic mass is 16.5. The molecule has 122 valence electrons. The second kappa shape index (κ2) is 7.23. The number of likely N-dealkylation sites (N-methyl/N-ethyl adjacent to an activating group) is 1. The summed E-state index contributed by atoms with van der Waals surface area (Å²) in [6, 6.07) is 7.66. The van der Waals surface area contributed by atoms with Crippen molar-refractivity contribution in [2.24, 2.45) is 0 Å². The largest absolute Gasteiger partial charge is 0.497 e. The molecule has 0 spiro atoms. The summed E-state index contributed by atoms with van der Waals surface area (Å²) >= 11 is 0. The lowest BCUT2D eigenvalue weighted by Gasteiger charge is -2.34. The number of rotatable bonds is 5. The van der Waals surface area contributed by atoms with Gasteiger partial charge in [-0.1, -0.05) is 13.0 Å². The van der Waals surface area contributed by atoms with E-state index < -0.39 is 0 Å². The van der Waals surface area contributed by atoms with E-state index in [4.69, 9.17) is 4.74 Å². The maximum atomic E-state index is 5.22. The van der Waals surface area contributed by atoms with Gasteiger partial charge in [-0.05, 0) is 18.7 Å². The number of hydrogen-bond acceptors (Lipinski definition) is 7. The Hall–Kier alpha value is -2.41. The summed E-state index contributed by atoms with van der Waals surface area (Å²) in [5, 5.41) is 11.3. The molecule has 1 N–H and O–H groups in total. The van der Waals surface area contributed by atoms with Gasteiger partial charge >= 0.3 is 0 Å². The lowest BCUT2D eigenvalue weighted by molar-refractivity contribution is 0.270. The fraction of sp³-hybridized carbons (Fsp3) is 0.438. The molecule has 0 bridgehead atoms. The molecule has 1 aliphatic rings. The molecule has 0 saturated carbocycles. The van der Waals surface area contributed by atoms with Gasteiger partial charge in [0.1, 0.15) is 5.75 Å². The first-order chi connectivity index (χ1) is 11.3. The van der Waals surface area contributed by atoms with Crippen LogP contribution in [0.15, 0.2) is 30.5 Å². The minimum Gasteiger partial charge on any atom is -0.497 e. The van der Waals surface area contributed by atoms with Crippen molar-refractivity contribution in [1.82, 2.24) is 20.1 Å². The zero-order valence-electron chi connectivity index (χ0n) is 13.6. The molecule has 0 radical (unpaired) electrons. The van der Waals surface area contributed by atoms with Gasteiger partial charge in [0.05, 0.1) is 13.3 Å². The third-order valence-electron chi connectivity index (χ3n) is 4.02. The molecule has 0 unspecified atom stereocenters. The summed E-state index contributed by atoms with van der Waals surface area (Å²) in [4.78, 5) is 9.26. The van der Waals surface area contributed by atoms with E-state index in [9.17, 15) is 0 Å². The minimum absolute atomic E-state index is 0.494. The van der Waals surface area contributed by atoms with Crippen molar-refractivity contribution in [2.75, 3.05) is 50.1 Å². The molecule has 1 aliphatic heterocycles. The third-order valence-corrected chi connectivity index (χ3v) is 4.02. The quantitative estimate of drug-likeness (QED) is 0.902. The Morgan fingerprint density at radius 2 is 2.04 bits per heavy atom. The number of benzene rings is 1. The van der Waals surface area contributed by atoms with E-state index in [1.165, 1.54) is 0 Å². The number of aromatic nitrogens is 3. The van der Waals surface area contributed by atoms with Crippen molar-refractivity contribution in [1.29, 1.82) is 0 Å². The van der Waals surface area contributed by atoms with Gasteiger partial charge in [-0.3, -0.25) is 0 Å². The summed E-state index contributed by atoms with van der Waals surface area (Å²) < 4.78 is 5.22. The van der Waals surface area contributed by atoms with Gasteiger partial charge in [0.2, 0.25) is 5.95 Å². The minimum atomic E-state index is 0.494. The first kappa shape index (κ1) is 15.5. The molecule has 0 aliphatic carbocycles. The van der Waals surface area contributed by atoms with Crippen LogP contribution in [0.5, 0.6) is 5.75 Å². The summed E-state index contributed by atoms with van der Waals surface area (Å²) in [6.45, 7) is 7.32. The SMILES string of the molecule is CCN1CCN(c2cnnc(Nc3cccc(OC)c3)n2)CC1. The molecule has 23 heavy (non-hydrogen) atoms. The molecule has 1 aromatic carbocycles. The summed E-state index contributed by atoms with van der Waals surface area (Å²) in [6.07, 6.45) is 1.72. The summed E-state index contributed by atoms with van der Waals surface area (Å²) in [5.74, 6) is 2.14. The zero-order chi connectivity index (χ0) is 16.1. The third kappa shape index (κ3) is 3.87. The maximum Gasteiger partial charge on any atom is 0.249 e. The highest BCUT2D eigenvalue weighted by Crippen LogP contribution is 2.20. The average Bonchev–Trinajstić information content (AvgIpc) is 2.62.